The van der Waals surface area contributed by atoms with Crippen LogP contribution in [-0.4, -0.2) is 23.1 Å². The number of nitrogens with zero attached hydrogens (tertiary/aromatic N) is 2. The average Bonchev–Trinajstić information content (AvgIpc) is 2.80. The summed E-state index contributed by atoms with van der Waals surface area (Å²) in [4.78, 5) is 18.1. The molecule has 18 heavy (non-hydrogen) atoms. The number of carboxylic acid groups (broad SMARTS) is 1. The molecule has 0 fully saturated rings. The van der Waals surface area contributed by atoms with Gasteiger partial charge in [-0.25, -0.2) is 9.78 Å². The van der Waals surface area contributed by atoms with Crippen LogP contribution < -0.4 is 4.90 Å². The zero-order valence-electron chi connectivity index (χ0n) is 9.63. The molecule has 94 valence electrons. The van der Waals surface area contributed by atoms with Gasteiger partial charge in [0.1, 0.15) is 11.0 Å². The number of aromatic nitrogens is 1. The fourth-order valence-electron chi connectivity index (χ4n) is 1.52. The van der Waals surface area contributed by atoms with E-state index < -0.39 is 5.97 Å². The van der Waals surface area contributed by atoms with Crippen LogP contribution in [0.25, 0.3) is 0 Å². The van der Waals surface area contributed by atoms with Gasteiger partial charge < -0.3 is 10.0 Å². The van der Waals surface area contributed by atoms with Crippen molar-refractivity contribution < 1.29 is 9.90 Å². The minimum Gasteiger partial charge on any atom is -0.478 e. The fourth-order valence-corrected chi connectivity index (χ4v) is 2.48. The first-order valence-corrected chi connectivity index (χ1v) is 6.46. The number of halogens is 1. The van der Waals surface area contributed by atoms with E-state index in [9.17, 15) is 4.79 Å². The Kier molecular flexibility index (Phi) is 3.84. The van der Waals surface area contributed by atoms with E-state index >= 15 is 0 Å². The van der Waals surface area contributed by atoms with Crippen molar-refractivity contribution in [2.24, 2.45) is 0 Å². The lowest BCUT2D eigenvalue weighted by molar-refractivity contribution is 0.0697. The average molecular weight is 283 g/mol. The molecule has 0 atom stereocenters. The molecule has 0 bridgehead atoms. The van der Waals surface area contributed by atoms with E-state index in [2.05, 4.69) is 4.98 Å². The molecule has 0 aromatic carbocycles. The van der Waals surface area contributed by atoms with Gasteiger partial charge in [0, 0.05) is 11.9 Å². The van der Waals surface area contributed by atoms with E-state index in [-0.39, 0.29) is 10.7 Å². The molecule has 2 aromatic rings. The zero-order valence-corrected chi connectivity index (χ0v) is 11.2. The first kappa shape index (κ1) is 12.9. The lowest BCUT2D eigenvalue weighted by atomic mass is 10.2. The Morgan fingerprint density at radius 3 is 2.94 bits per heavy atom. The third kappa shape index (κ3) is 3.00. The second kappa shape index (κ2) is 5.37. The first-order chi connectivity index (χ1) is 8.56. The molecule has 0 amide bonds. The third-order valence-electron chi connectivity index (χ3n) is 2.39. The Bertz CT molecular complexity index is 557. The summed E-state index contributed by atoms with van der Waals surface area (Å²) in [5.41, 5.74) is 0.142. The van der Waals surface area contributed by atoms with Gasteiger partial charge in [0.25, 0.3) is 0 Å². The maximum absolute atomic E-state index is 10.9. The van der Waals surface area contributed by atoms with Crippen LogP contribution in [0.5, 0.6) is 0 Å². The number of rotatable bonds is 4. The lowest BCUT2D eigenvalue weighted by Gasteiger charge is -2.17. The molecular weight excluding hydrogens is 272 g/mol. The number of aromatic carboxylic acids is 1. The van der Waals surface area contributed by atoms with E-state index in [1.807, 2.05) is 29.5 Å². The topological polar surface area (TPSA) is 53.4 Å². The number of pyridine rings is 1. The summed E-state index contributed by atoms with van der Waals surface area (Å²) < 4.78 is 0. The minimum absolute atomic E-state index is 0.142. The summed E-state index contributed by atoms with van der Waals surface area (Å²) in [6.45, 7) is 0.671. The summed E-state index contributed by atoms with van der Waals surface area (Å²) in [5, 5.41) is 11.1. The number of hydrogen-bond donors (Lipinski definition) is 1. The van der Waals surface area contributed by atoms with Gasteiger partial charge in [0.05, 0.1) is 12.1 Å². The van der Waals surface area contributed by atoms with Crippen molar-refractivity contribution in [1.29, 1.82) is 0 Å². The Morgan fingerprint density at radius 2 is 2.33 bits per heavy atom. The van der Waals surface area contributed by atoms with Crippen LogP contribution in [0.4, 0.5) is 5.82 Å². The second-order valence-corrected chi connectivity index (χ2v) is 5.20. The Balaban J connectivity index is 2.24. The first-order valence-electron chi connectivity index (χ1n) is 5.20. The Hall–Kier alpha value is -1.59. The van der Waals surface area contributed by atoms with Crippen molar-refractivity contribution >= 4 is 34.7 Å². The molecule has 0 radical (unpaired) electrons. The summed E-state index contributed by atoms with van der Waals surface area (Å²) in [7, 11) is 1.85. The molecule has 0 saturated heterocycles. The van der Waals surface area contributed by atoms with Gasteiger partial charge in [-0.05, 0) is 23.6 Å². The molecular formula is C12H11ClN2O2S. The van der Waals surface area contributed by atoms with Crippen LogP contribution in [0.1, 0.15) is 15.2 Å². The predicted octanol–water partition coefficient (Wildman–Crippen LogP) is 3.13. The standard InChI is InChI=1S/C12H11ClN2O2S/c1-15(7-9-3-2-4-18-9)11-6-8(12(16)17)5-10(13)14-11/h2-6H,7H2,1H3,(H,16,17). The van der Waals surface area contributed by atoms with Gasteiger partial charge in [-0.3, -0.25) is 0 Å². The SMILES string of the molecule is CN(Cc1cccs1)c1cc(C(=O)O)cc(Cl)n1. The van der Waals surface area contributed by atoms with Crippen LogP contribution in [-0.2, 0) is 6.54 Å². The quantitative estimate of drug-likeness (QED) is 0.876. The van der Waals surface area contributed by atoms with Crippen LogP contribution in [0.3, 0.4) is 0 Å². The van der Waals surface area contributed by atoms with Crippen molar-refractivity contribution in [3.63, 3.8) is 0 Å². The van der Waals surface area contributed by atoms with E-state index in [1.165, 1.54) is 17.0 Å². The van der Waals surface area contributed by atoms with Crippen LogP contribution in [0.2, 0.25) is 5.15 Å². The third-order valence-corrected chi connectivity index (χ3v) is 3.45. The van der Waals surface area contributed by atoms with Gasteiger partial charge in [-0.15, -0.1) is 11.3 Å². The monoisotopic (exact) mass is 282 g/mol. The number of carboxylic acids is 1. The maximum Gasteiger partial charge on any atom is 0.335 e. The van der Waals surface area contributed by atoms with Crippen LogP contribution in [0, 0.1) is 0 Å². The number of anilines is 1. The Labute approximate surface area is 113 Å². The normalized spacial score (nSPS) is 10.3. The number of carbonyl (C=O) groups is 1. The van der Waals surface area contributed by atoms with E-state index in [4.69, 9.17) is 16.7 Å². The van der Waals surface area contributed by atoms with Gasteiger partial charge >= 0.3 is 5.97 Å². The largest absolute Gasteiger partial charge is 0.478 e. The highest BCUT2D eigenvalue weighted by molar-refractivity contribution is 7.09. The maximum atomic E-state index is 10.9. The van der Waals surface area contributed by atoms with Gasteiger partial charge in [0.15, 0.2) is 0 Å². The Morgan fingerprint density at radius 1 is 1.56 bits per heavy atom. The fraction of sp³-hybridized carbons (Fsp3) is 0.167. The molecule has 2 heterocycles. The summed E-state index contributed by atoms with van der Waals surface area (Å²) in [6.07, 6.45) is 0. The zero-order chi connectivity index (χ0) is 13.1. The van der Waals surface area contributed by atoms with Crippen molar-refractivity contribution in [2.45, 2.75) is 6.54 Å². The van der Waals surface area contributed by atoms with Crippen molar-refractivity contribution in [1.82, 2.24) is 4.98 Å². The van der Waals surface area contributed by atoms with Crippen molar-refractivity contribution in [2.75, 3.05) is 11.9 Å². The summed E-state index contributed by atoms with van der Waals surface area (Å²) in [6, 6.07) is 6.85. The predicted molar refractivity (Wildman–Crippen MR) is 72.6 cm³/mol. The van der Waals surface area contributed by atoms with E-state index in [1.54, 1.807) is 11.3 Å². The van der Waals surface area contributed by atoms with Crippen LogP contribution in [0.15, 0.2) is 29.6 Å². The highest BCUT2D eigenvalue weighted by Crippen LogP contribution is 2.20. The molecule has 1 N–H and O–H groups in total. The molecule has 0 spiro atoms. The molecule has 6 heteroatoms. The minimum atomic E-state index is -1.01. The molecule has 2 aromatic heterocycles. The molecule has 2 rings (SSSR count). The highest BCUT2D eigenvalue weighted by atomic mass is 35.5. The van der Waals surface area contributed by atoms with Gasteiger partial charge in [-0.1, -0.05) is 17.7 Å². The molecule has 0 saturated carbocycles. The summed E-state index contributed by atoms with van der Waals surface area (Å²) >= 11 is 7.46. The smallest absolute Gasteiger partial charge is 0.335 e. The highest BCUT2D eigenvalue weighted by Gasteiger charge is 2.11. The van der Waals surface area contributed by atoms with Crippen molar-refractivity contribution in [3.05, 3.63) is 45.2 Å². The van der Waals surface area contributed by atoms with E-state index in [0.29, 0.717) is 12.4 Å². The van der Waals surface area contributed by atoms with Crippen LogP contribution >= 0.6 is 22.9 Å². The molecule has 0 aliphatic heterocycles. The number of thiophene rings is 1. The molecule has 4 nitrogen and oxygen atoms in total. The number of hydrogen-bond acceptors (Lipinski definition) is 4. The second-order valence-electron chi connectivity index (χ2n) is 3.78. The molecule has 0 aliphatic rings. The molecule has 0 unspecified atom stereocenters. The lowest BCUT2D eigenvalue weighted by Crippen LogP contribution is -2.17. The van der Waals surface area contributed by atoms with E-state index in [0.717, 1.165) is 0 Å². The molecule has 0 aliphatic carbocycles. The van der Waals surface area contributed by atoms with Crippen molar-refractivity contribution in [3.8, 4) is 0 Å². The summed E-state index contributed by atoms with van der Waals surface area (Å²) in [5.74, 6) is -0.460. The van der Waals surface area contributed by atoms with Gasteiger partial charge in [-0.2, -0.15) is 0 Å². The van der Waals surface area contributed by atoms with Gasteiger partial charge in [0.2, 0.25) is 0 Å².